The molecule has 60 valence electrons. The number of benzene rings is 1. The summed E-state index contributed by atoms with van der Waals surface area (Å²) in [6.45, 7) is -0.586. The normalized spacial score (nSPS) is 10.2. The molecule has 0 nitrogen and oxygen atoms in total. The van der Waals surface area contributed by atoms with Crippen LogP contribution in [-0.4, -0.2) is 0 Å². The van der Waals surface area contributed by atoms with Gasteiger partial charge in [-0.25, -0.2) is 8.78 Å². The molecular formula is C7H4Br2F2. The van der Waals surface area contributed by atoms with Crippen LogP contribution >= 0.6 is 31.9 Å². The summed E-state index contributed by atoms with van der Waals surface area (Å²) in [4.78, 5) is 0. The Morgan fingerprint density at radius 1 is 1.18 bits per heavy atom. The maximum atomic E-state index is 12.8. The fraction of sp³-hybridized carbons (Fsp3) is 0.143. The molecule has 0 amide bonds. The second kappa shape index (κ2) is 3.63. The molecule has 11 heavy (non-hydrogen) atoms. The standard InChI is InChI=1S/C7H4Br2F2/c8-5-1-4(3-10)2-6(9)7(5)11/h1-2H,3H2. The van der Waals surface area contributed by atoms with Gasteiger partial charge in [-0.05, 0) is 49.6 Å². The lowest BCUT2D eigenvalue weighted by Crippen LogP contribution is -1.84. The van der Waals surface area contributed by atoms with Crippen molar-refractivity contribution in [2.24, 2.45) is 0 Å². The van der Waals surface area contributed by atoms with E-state index in [1.165, 1.54) is 12.1 Å². The van der Waals surface area contributed by atoms with E-state index in [0.29, 0.717) is 5.56 Å². The van der Waals surface area contributed by atoms with Crippen molar-refractivity contribution in [2.75, 3.05) is 0 Å². The van der Waals surface area contributed by atoms with E-state index in [4.69, 9.17) is 0 Å². The van der Waals surface area contributed by atoms with E-state index in [1.54, 1.807) is 0 Å². The van der Waals surface area contributed by atoms with Gasteiger partial charge < -0.3 is 0 Å². The van der Waals surface area contributed by atoms with Crippen molar-refractivity contribution in [1.82, 2.24) is 0 Å². The Hall–Kier alpha value is 0.0400. The summed E-state index contributed by atoms with van der Waals surface area (Å²) in [5.74, 6) is -0.401. The Bertz CT molecular complexity index is 250. The second-order valence-electron chi connectivity index (χ2n) is 2.01. The zero-order valence-corrected chi connectivity index (χ0v) is 8.55. The molecule has 1 aromatic carbocycles. The first kappa shape index (κ1) is 9.13. The maximum Gasteiger partial charge on any atom is 0.151 e. The fourth-order valence-corrected chi connectivity index (χ4v) is 1.97. The third-order valence-corrected chi connectivity index (χ3v) is 2.35. The molecule has 0 atom stereocenters. The zero-order chi connectivity index (χ0) is 8.43. The number of rotatable bonds is 1. The lowest BCUT2D eigenvalue weighted by molar-refractivity contribution is 0.483. The van der Waals surface area contributed by atoms with Gasteiger partial charge in [0.25, 0.3) is 0 Å². The highest BCUT2D eigenvalue weighted by Gasteiger charge is 2.05. The van der Waals surface area contributed by atoms with Crippen molar-refractivity contribution in [3.05, 3.63) is 32.5 Å². The van der Waals surface area contributed by atoms with Gasteiger partial charge in [-0.1, -0.05) is 0 Å². The van der Waals surface area contributed by atoms with Crippen LogP contribution in [0.4, 0.5) is 8.78 Å². The third kappa shape index (κ3) is 1.99. The van der Waals surface area contributed by atoms with Gasteiger partial charge >= 0.3 is 0 Å². The van der Waals surface area contributed by atoms with E-state index in [0.717, 1.165) is 0 Å². The van der Waals surface area contributed by atoms with Gasteiger partial charge in [-0.2, -0.15) is 0 Å². The molecule has 0 spiro atoms. The van der Waals surface area contributed by atoms with Crippen molar-refractivity contribution < 1.29 is 8.78 Å². The smallest absolute Gasteiger partial charge is 0.151 e. The van der Waals surface area contributed by atoms with Gasteiger partial charge in [-0.3, -0.25) is 0 Å². The fourth-order valence-electron chi connectivity index (χ4n) is 0.685. The highest BCUT2D eigenvalue weighted by atomic mass is 79.9. The van der Waals surface area contributed by atoms with Crippen LogP contribution in [-0.2, 0) is 6.67 Å². The highest BCUT2D eigenvalue weighted by Crippen LogP contribution is 2.25. The molecule has 4 heteroatoms. The predicted octanol–water partition coefficient (Wildman–Crippen LogP) is 3.82. The molecule has 0 heterocycles. The molecule has 0 aliphatic heterocycles. The van der Waals surface area contributed by atoms with Crippen molar-refractivity contribution >= 4 is 31.9 Å². The summed E-state index contributed by atoms with van der Waals surface area (Å²) >= 11 is 5.93. The predicted molar refractivity (Wildman–Crippen MR) is 46.6 cm³/mol. The molecule has 0 saturated heterocycles. The molecule has 0 aromatic heterocycles. The van der Waals surface area contributed by atoms with Gasteiger partial charge in [0.15, 0.2) is 5.82 Å². The van der Waals surface area contributed by atoms with Crippen LogP contribution in [0.1, 0.15) is 5.56 Å². The topological polar surface area (TPSA) is 0 Å². The molecule has 0 fully saturated rings. The van der Waals surface area contributed by atoms with Crippen LogP contribution in [0.2, 0.25) is 0 Å². The number of hydrogen-bond donors (Lipinski definition) is 0. The SMILES string of the molecule is FCc1cc(Br)c(F)c(Br)c1. The highest BCUT2D eigenvalue weighted by molar-refractivity contribution is 9.11. The molecule has 0 aliphatic carbocycles. The van der Waals surface area contributed by atoms with E-state index in [-0.39, 0.29) is 8.95 Å². The first-order valence-corrected chi connectivity index (χ1v) is 4.43. The van der Waals surface area contributed by atoms with Crippen molar-refractivity contribution in [1.29, 1.82) is 0 Å². The third-order valence-electron chi connectivity index (χ3n) is 1.20. The molecule has 0 N–H and O–H groups in total. The molecular weight excluding hydrogens is 282 g/mol. The summed E-state index contributed by atoms with van der Waals surface area (Å²) in [7, 11) is 0. The van der Waals surface area contributed by atoms with E-state index in [9.17, 15) is 8.78 Å². The van der Waals surface area contributed by atoms with Crippen LogP contribution in [0.25, 0.3) is 0 Å². The summed E-state index contributed by atoms with van der Waals surface area (Å²) in [6.07, 6.45) is 0. The van der Waals surface area contributed by atoms with Crippen LogP contribution in [0.15, 0.2) is 21.1 Å². The first-order valence-electron chi connectivity index (χ1n) is 2.84. The summed E-state index contributed by atoms with van der Waals surface area (Å²) in [6, 6.07) is 2.83. The van der Waals surface area contributed by atoms with Crippen molar-refractivity contribution in [3.63, 3.8) is 0 Å². The van der Waals surface area contributed by atoms with Gasteiger partial charge in [-0.15, -0.1) is 0 Å². The Morgan fingerprint density at radius 3 is 2.00 bits per heavy atom. The lowest BCUT2D eigenvalue weighted by atomic mass is 10.2. The van der Waals surface area contributed by atoms with E-state index in [1.807, 2.05) is 0 Å². The average molecular weight is 286 g/mol. The summed E-state index contributed by atoms with van der Waals surface area (Å²) in [5, 5.41) is 0. The summed E-state index contributed by atoms with van der Waals surface area (Å²) < 4.78 is 25.4. The summed E-state index contributed by atoms with van der Waals surface area (Å²) in [5.41, 5.74) is 0.449. The quantitative estimate of drug-likeness (QED) is 0.688. The molecule has 1 rings (SSSR count). The van der Waals surface area contributed by atoms with Gasteiger partial charge in [0.2, 0.25) is 0 Å². The van der Waals surface area contributed by atoms with Gasteiger partial charge in [0.05, 0.1) is 8.95 Å². The molecule has 0 aliphatic rings. The minimum absolute atomic E-state index is 0.277. The number of halogens is 4. The molecule has 0 unspecified atom stereocenters. The molecule has 1 aromatic rings. The zero-order valence-electron chi connectivity index (χ0n) is 5.37. The Morgan fingerprint density at radius 2 is 1.64 bits per heavy atom. The lowest BCUT2D eigenvalue weighted by Gasteiger charge is -1.99. The van der Waals surface area contributed by atoms with E-state index in [2.05, 4.69) is 31.9 Å². The first-order chi connectivity index (χ1) is 5.15. The second-order valence-corrected chi connectivity index (χ2v) is 3.72. The largest absolute Gasteiger partial charge is 0.246 e. The van der Waals surface area contributed by atoms with E-state index >= 15 is 0 Å². The Labute approximate surface area is 79.9 Å². The van der Waals surface area contributed by atoms with Crippen molar-refractivity contribution in [3.8, 4) is 0 Å². The van der Waals surface area contributed by atoms with Crippen LogP contribution in [0.5, 0.6) is 0 Å². The Kier molecular flexibility index (Phi) is 3.01. The van der Waals surface area contributed by atoms with Crippen LogP contribution in [0, 0.1) is 5.82 Å². The van der Waals surface area contributed by atoms with Crippen LogP contribution in [0.3, 0.4) is 0 Å². The van der Waals surface area contributed by atoms with Crippen LogP contribution < -0.4 is 0 Å². The monoisotopic (exact) mass is 284 g/mol. The molecule has 0 radical (unpaired) electrons. The number of alkyl halides is 1. The van der Waals surface area contributed by atoms with Crippen molar-refractivity contribution in [2.45, 2.75) is 6.67 Å². The average Bonchev–Trinajstić information content (AvgIpc) is 1.99. The molecule has 0 saturated carbocycles. The number of hydrogen-bond acceptors (Lipinski definition) is 0. The van der Waals surface area contributed by atoms with Gasteiger partial charge in [0.1, 0.15) is 6.67 Å². The minimum Gasteiger partial charge on any atom is -0.246 e. The minimum atomic E-state index is -0.586. The maximum absolute atomic E-state index is 12.8. The molecule has 0 bridgehead atoms. The van der Waals surface area contributed by atoms with E-state index < -0.39 is 12.5 Å². The Balaban J connectivity index is 3.21. The van der Waals surface area contributed by atoms with Gasteiger partial charge in [0, 0.05) is 0 Å².